The Bertz CT molecular complexity index is 996. The van der Waals surface area contributed by atoms with Crippen molar-refractivity contribution >= 4 is 31.3 Å². The van der Waals surface area contributed by atoms with Crippen LogP contribution in [0.25, 0.3) is 16.9 Å². The van der Waals surface area contributed by atoms with Crippen LogP contribution in [-0.2, 0) is 0 Å². The molecule has 0 bridgehead atoms. The van der Waals surface area contributed by atoms with Crippen LogP contribution in [-0.4, -0.2) is 33.8 Å². The van der Waals surface area contributed by atoms with Crippen LogP contribution in [0.3, 0.4) is 0 Å². The molecule has 0 unspecified atom stereocenters. The van der Waals surface area contributed by atoms with Gasteiger partial charge in [-0.2, -0.15) is 19.6 Å². The van der Waals surface area contributed by atoms with Crippen LogP contribution in [0.15, 0.2) is 18.5 Å². The Balaban J connectivity index is 1.88. The zero-order valence-electron chi connectivity index (χ0n) is 14.6. The second-order valence-corrected chi connectivity index (χ2v) is 12.5. The maximum atomic E-state index is 14.5. The lowest BCUT2D eigenvalue weighted by atomic mass is 10.1. The Hall–Kier alpha value is -2.13. The molecule has 2 aromatic heterocycles. The molecule has 1 saturated heterocycles. The van der Waals surface area contributed by atoms with Crippen LogP contribution >= 0.6 is 11.6 Å². The van der Waals surface area contributed by atoms with Crippen molar-refractivity contribution < 1.29 is 13.2 Å². The number of rotatable bonds is 4. The third-order valence-corrected chi connectivity index (χ3v) is 9.56. The van der Waals surface area contributed by atoms with Gasteiger partial charge in [-0.25, -0.2) is 13.2 Å². The highest BCUT2D eigenvalue weighted by atomic mass is 35.5. The Morgan fingerprint density at radius 1 is 1.15 bits per heavy atom. The molecule has 5 nitrogen and oxygen atoms in total. The number of aromatic nitrogens is 4. The Kier molecular flexibility index (Phi) is 4.59. The molecule has 1 aliphatic rings. The summed E-state index contributed by atoms with van der Waals surface area (Å²) in [5.74, 6) is -2.58. The van der Waals surface area contributed by atoms with E-state index in [1.807, 2.05) is 0 Å². The minimum absolute atomic E-state index is 0.0141. The predicted octanol–water partition coefficient (Wildman–Crippen LogP) is 4.69. The van der Waals surface area contributed by atoms with Gasteiger partial charge in [0.2, 0.25) is 0 Å². The van der Waals surface area contributed by atoms with Crippen LogP contribution in [0.2, 0.25) is 23.8 Å². The third-order valence-electron chi connectivity index (χ3n) is 5.13. The van der Waals surface area contributed by atoms with Crippen LogP contribution in [0.1, 0.15) is 12.8 Å². The van der Waals surface area contributed by atoms with E-state index in [4.69, 9.17) is 11.6 Å². The lowest BCUT2D eigenvalue weighted by molar-refractivity contribution is 0.548. The molecule has 0 aliphatic carbocycles. The summed E-state index contributed by atoms with van der Waals surface area (Å²) in [4.78, 5) is 8.08. The van der Waals surface area contributed by atoms with E-state index in [1.165, 1.54) is 35.8 Å². The summed E-state index contributed by atoms with van der Waals surface area (Å²) in [7, 11) is -1.50. The summed E-state index contributed by atoms with van der Waals surface area (Å²) in [6.07, 6.45) is 4.40. The smallest absolute Gasteiger partial charge is 0.255 e. The van der Waals surface area contributed by atoms with Crippen LogP contribution in [0.5, 0.6) is 0 Å². The molecule has 142 valence electrons. The van der Waals surface area contributed by atoms with Crippen molar-refractivity contribution in [2.24, 2.45) is 0 Å². The monoisotopic (exact) mass is 411 g/mol. The topological polar surface area (TPSA) is 55.1 Å². The summed E-state index contributed by atoms with van der Waals surface area (Å²) >= 11 is 6.27. The summed E-state index contributed by atoms with van der Waals surface area (Å²) in [6.45, 7) is 2.30. The van der Waals surface area contributed by atoms with Crippen molar-refractivity contribution in [3.05, 3.63) is 41.1 Å². The van der Waals surface area contributed by atoms with E-state index >= 15 is 0 Å². The van der Waals surface area contributed by atoms with Crippen molar-refractivity contribution in [3.63, 3.8) is 0 Å². The van der Waals surface area contributed by atoms with Crippen LogP contribution in [0, 0.1) is 17.5 Å². The van der Waals surface area contributed by atoms with Crippen molar-refractivity contribution in [1.29, 1.82) is 0 Å². The van der Waals surface area contributed by atoms with Crippen molar-refractivity contribution in [2.75, 3.05) is 11.5 Å². The zero-order valence-corrected chi connectivity index (χ0v) is 16.3. The molecular formula is C17H17ClF3N5Si. The van der Waals surface area contributed by atoms with E-state index in [9.17, 15) is 13.2 Å². The molecule has 0 spiro atoms. The van der Waals surface area contributed by atoms with Crippen molar-refractivity contribution in [3.8, 4) is 11.1 Å². The zero-order chi connectivity index (χ0) is 19.2. The largest absolute Gasteiger partial charge is 0.372 e. The first-order chi connectivity index (χ1) is 12.9. The fourth-order valence-electron chi connectivity index (χ4n) is 3.68. The number of halogens is 4. The summed E-state index contributed by atoms with van der Waals surface area (Å²) in [6, 6.07) is 3.62. The molecule has 0 saturated carbocycles. The molecule has 10 heteroatoms. The van der Waals surface area contributed by atoms with E-state index in [0.29, 0.717) is 24.1 Å². The molecule has 27 heavy (non-hydrogen) atoms. The first-order valence-corrected chi connectivity index (χ1v) is 12.2. The summed E-state index contributed by atoms with van der Waals surface area (Å²) < 4.78 is 43.7. The second-order valence-electron chi connectivity index (χ2n) is 7.21. The van der Waals surface area contributed by atoms with Gasteiger partial charge in [0, 0.05) is 18.3 Å². The van der Waals surface area contributed by atoms with Gasteiger partial charge in [0.05, 0.1) is 19.2 Å². The minimum Gasteiger partial charge on any atom is -0.372 e. The normalized spacial score (nSPS) is 16.2. The van der Waals surface area contributed by atoms with Gasteiger partial charge >= 0.3 is 0 Å². The first kappa shape index (κ1) is 18.2. The minimum atomic E-state index is -1.50. The van der Waals surface area contributed by atoms with E-state index < -0.39 is 31.1 Å². The van der Waals surface area contributed by atoms with E-state index in [-0.39, 0.29) is 16.5 Å². The number of benzene rings is 1. The van der Waals surface area contributed by atoms with E-state index in [0.717, 1.165) is 0 Å². The summed E-state index contributed by atoms with van der Waals surface area (Å²) in [5, 5.41) is 7.29. The van der Waals surface area contributed by atoms with Crippen molar-refractivity contribution in [1.82, 2.24) is 19.6 Å². The lowest BCUT2D eigenvalue weighted by Crippen LogP contribution is -2.36. The van der Waals surface area contributed by atoms with E-state index in [2.05, 4.69) is 26.9 Å². The van der Waals surface area contributed by atoms with Gasteiger partial charge < -0.3 is 5.32 Å². The predicted molar refractivity (Wildman–Crippen MR) is 100 cm³/mol. The second kappa shape index (κ2) is 6.79. The van der Waals surface area contributed by atoms with Crippen LogP contribution < -0.4 is 5.32 Å². The molecule has 4 rings (SSSR count). The number of hydrogen-bond donors (Lipinski definition) is 1. The van der Waals surface area contributed by atoms with Gasteiger partial charge in [0.1, 0.15) is 34.7 Å². The highest BCUT2D eigenvalue weighted by Crippen LogP contribution is 2.38. The maximum absolute atomic E-state index is 14.5. The third kappa shape index (κ3) is 3.29. The number of nitrogens with one attached hydrogen (secondary N) is 1. The molecule has 1 fully saturated rings. The number of fused-ring (bicyclic) bond motifs is 1. The average Bonchev–Trinajstić information content (AvgIpc) is 3.22. The Labute approximate surface area is 159 Å². The Morgan fingerprint density at radius 2 is 1.81 bits per heavy atom. The number of nitrogens with zero attached hydrogens (tertiary/aromatic N) is 4. The SMILES string of the molecule is C[Si]1(CNc2c(-c3c(F)cc(F)cc3F)c(Cl)nc3ncnn23)CCCC1. The maximum Gasteiger partial charge on any atom is 0.255 e. The average molecular weight is 412 g/mol. The van der Waals surface area contributed by atoms with Gasteiger partial charge in [-0.1, -0.05) is 43.1 Å². The Morgan fingerprint density at radius 3 is 2.48 bits per heavy atom. The van der Waals surface area contributed by atoms with Gasteiger partial charge in [-0.15, -0.1) is 0 Å². The van der Waals surface area contributed by atoms with Crippen LogP contribution in [0.4, 0.5) is 19.0 Å². The number of hydrogen-bond acceptors (Lipinski definition) is 4. The molecule has 0 amide bonds. The van der Waals surface area contributed by atoms with E-state index in [1.54, 1.807) is 0 Å². The fourth-order valence-corrected chi connectivity index (χ4v) is 7.35. The molecule has 1 aliphatic heterocycles. The molecule has 3 heterocycles. The quantitative estimate of drug-likeness (QED) is 0.500. The molecule has 1 N–H and O–H groups in total. The van der Waals surface area contributed by atoms with Gasteiger partial charge in [-0.05, 0) is 0 Å². The lowest BCUT2D eigenvalue weighted by Gasteiger charge is -2.23. The van der Waals surface area contributed by atoms with Gasteiger partial charge in [0.15, 0.2) is 0 Å². The summed E-state index contributed by atoms with van der Waals surface area (Å²) in [5.41, 5.74) is -0.424. The molecule has 3 aromatic rings. The standard InChI is InChI=1S/C17H17ClF3N5Si/c1-27(4-2-3-5-27)9-23-16-14(13-11(20)6-10(19)7-12(13)21)15(18)25-17-22-8-24-26(16)17/h6-8,23H,2-5,9H2,1H3. The molecule has 1 aromatic carbocycles. The molecule has 0 atom stereocenters. The first-order valence-electron chi connectivity index (χ1n) is 8.66. The highest BCUT2D eigenvalue weighted by Gasteiger charge is 2.32. The number of anilines is 1. The van der Waals surface area contributed by atoms with Gasteiger partial charge in [-0.3, -0.25) is 0 Å². The molecule has 0 radical (unpaired) electrons. The van der Waals surface area contributed by atoms with Crippen molar-refractivity contribution in [2.45, 2.75) is 31.5 Å². The van der Waals surface area contributed by atoms with Gasteiger partial charge in [0.25, 0.3) is 5.78 Å². The molecular weight excluding hydrogens is 395 g/mol. The fraction of sp³-hybridized carbons (Fsp3) is 0.353. The highest BCUT2D eigenvalue weighted by molar-refractivity contribution is 6.79.